The van der Waals surface area contributed by atoms with Crippen molar-refractivity contribution in [2.24, 2.45) is 10.8 Å². The number of nitrogens with two attached hydrogens (primary N) is 1. The van der Waals surface area contributed by atoms with Crippen molar-refractivity contribution in [1.82, 2.24) is 0 Å². The Balaban J connectivity index is 1.75. The van der Waals surface area contributed by atoms with Crippen molar-refractivity contribution < 1.29 is 13.9 Å². The Hall–Kier alpha value is -3.42. The van der Waals surface area contributed by atoms with Crippen LogP contribution in [0, 0.1) is 5.82 Å². The topological polar surface area (TPSA) is 67.9 Å². The molecule has 30 heavy (non-hydrogen) atoms. The van der Waals surface area contributed by atoms with Gasteiger partial charge in [0.1, 0.15) is 17.4 Å². The molecule has 1 aliphatic rings. The van der Waals surface area contributed by atoms with E-state index in [1.807, 2.05) is 30.3 Å². The molecule has 3 aromatic rings. The molecule has 150 valence electrons. The minimum atomic E-state index is -1.18. The number of hydrogen-bond acceptors (Lipinski definition) is 5. The number of carbonyl (C=O) groups excluding carboxylic acids is 1. The first kappa shape index (κ1) is 19.9. The number of ether oxygens (including phenoxy) is 1. The summed E-state index contributed by atoms with van der Waals surface area (Å²) >= 11 is 5.45. The second-order valence-corrected chi connectivity index (χ2v) is 7.10. The lowest BCUT2D eigenvalue weighted by atomic mass is 10.00. The monoisotopic (exact) mass is 419 g/mol. The second-order valence-electron chi connectivity index (χ2n) is 6.68. The van der Waals surface area contributed by atoms with Crippen LogP contribution in [0.1, 0.15) is 16.7 Å². The summed E-state index contributed by atoms with van der Waals surface area (Å²) in [5, 5.41) is 1.23. The average molecular weight is 419 g/mol. The van der Waals surface area contributed by atoms with Crippen LogP contribution in [0.25, 0.3) is 0 Å². The van der Waals surface area contributed by atoms with E-state index >= 15 is 0 Å². The molecule has 0 aliphatic carbocycles. The smallest absolute Gasteiger partial charge is 0.338 e. The van der Waals surface area contributed by atoms with Crippen LogP contribution in [0.15, 0.2) is 83.9 Å². The summed E-state index contributed by atoms with van der Waals surface area (Å²) in [5.74, 6) is 5.11. The number of aliphatic imine (C=N–C) groups is 1. The number of benzodiazepines with no additional fused rings is 1. The lowest BCUT2D eigenvalue weighted by Gasteiger charge is -2.21. The highest BCUT2D eigenvalue weighted by Crippen LogP contribution is 2.28. The Kier molecular flexibility index (Phi) is 5.65. The van der Waals surface area contributed by atoms with Gasteiger partial charge in [0, 0.05) is 11.1 Å². The molecule has 7 heteroatoms. The second kappa shape index (κ2) is 8.52. The lowest BCUT2D eigenvalue weighted by molar-refractivity contribution is -0.144. The molecule has 5 nitrogen and oxygen atoms in total. The third-order valence-corrected chi connectivity index (χ3v) is 5.14. The van der Waals surface area contributed by atoms with E-state index in [2.05, 4.69) is 4.99 Å². The van der Waals surface area contributed by atoms with Gasteiger partial charge in [-0.3, -0.25) is 10.0 Å². The number of para-hydroxylation sites is 1. The number of hydrazine groups is 1. The summed E-state index contributed by atoms with van der Waals surface area (Å²) < 4.78 is 20.1. The Morgan fingerprint density at radius 1 is 1.00 bits per heavy atom. The van der Waals surface area contributed by atoms with E-state index in [-0.39, 0.29) is 17.2 Å². The van der Waals surface area contributed by atoms with Gasteiger partial charge >= 0.3 is 5.97 Å². The van der Waals surface area contributed by atoms with E-state index in [0.29, 0.717) is 17.0 Å². The van der Waals surface area contributed by atoms with Gasteiger partial charge in [0.05, 0.1) is 11.4 Å². The summed E-state index contributed by atoms with van der Waals surface area (Å²) in [6.07, 6.45) is 0. The van der Waals surface area contributed by atoms with Gasteiger partial charge in [-0.15, -0.1) is 0 Å². The number of halogens is 1. The van der Waals surface area contributed by atoms with Gasteiger partial charge in [-0.1, -0.05) is 72.9 Å². The van der Waals surface area contributed by atoms with Crippen molar-refractivity contribution in [3.63, 3.8) is 0 Å². The van der Waals surface area contributed by atoms with Crippen molar-refractivity contribution >= 4 is 34.6 Å². The number of hydrogen-bond donors (Lipinski definition) is 1. The summed E-state index contributed by atoms with van der Waals surface area (Å²) in [6, 6.07) is 21.4. The molecule has 0 radical (unpaired) electrons. The maximum atomic E-state index is 14.6. The predicted molar refractivity (Wildman–Crippen MR) is 118 cm³/mol. The van der Waals surface area contributed by atoms with Crippen LogP contribution in [-0.2, 0) is 16.1 Å². The summed E-state index contributed by atoms with van der Waals surface area (Å²) in [6.45, 7) is 0.0703. The third kappa shape index (κ3) is 3.85. The molecular weight excluding hydrogens is 401 g/mol. The first-order valence-corrected chi connectivity index (χ1v) is 9.68. The molecule has 0 saturated carbocycles. The number of carbonyl (C=O) groups is 1. The predicted octanol–water partition coefficient (Wildman–Crippen LogP) is 3.80. The van der Waals surface area contributed by atoms with Crippen LogP contribution in [0.5, 0.6) is 0 Å². The maximum absolute atomic E-state index is 14.6. The molecule has 3 aromatic carbocycles. The highest BCUT2D eigenvalue weighted by Gasteiger charge is 2.34. The van der Waals surface area contributed by atoms with Crippen molar-refractivity contribution in [3.8, 4) is 0 Å². The zero-order valence-electron chi connectivity index (χ0n) is 15.9. The van der Waals surface area contributed by atoms with E-state index in [0.717, 1.165) is 5.56 Å². The van der Waals surface area contributed by atoms with Crippen molar-refractivity contribution in [1.29, 1.82) is 0 Å². The van der Waals surface area contributed by atoms with Crippen molar-refractivity contribution in [2.45, 2.75) is 12.6 Å². The van der Waals surface area contributed by atoms with Crippen LogP contribution in [0.2, 0.25) is 0 Å². The fourth-order valence-corrected chi connectivity index (χ4v) is 3.46. The zero-order chi connectivity index (χ0) is 21.1. The van der Waals surface area contributed by atoms with Crippen LogP contribution in [0.3, 0.4) is 0 Å². The summed E-state index contributed by atoms with van der Waals surface area (Å²) in [7, 11) is 0. The minimum absolute atomic E-state index is 0.0703. The van der Waals surface area contributed by atoms with Crippen LogP contribution in [0.4, 0.5) is 10.1 Å². The van der Waals surface area contributed by atoms with Crippen LogP contribution in [-0.4, -0.2) is 22.7 Å². The highest BCUT2D eigenvalue weighted by molar-refractivity contribution is 7.80. The molecule has 0 fully saturated rings. The van der Waals surface area contributed by atoms with Gasteiger partial charge in [-0.05, 0) is 23.8 Å². The fourth-order valence-electron chi connectivity index (χ4n) is 3.22. The summed E-state index contributed by atoms with van der Waals surface area (Å²) in [4.78, 5) is 17.5. The normalized spacial score (nSPS) is 15.8. The fraction of sp³-hybridized carbons (Fsp3) is 0.0870. The molecule has 0 saturated heterocycles. The third-order valence-electron chi connectivity index (χ3n) is 4.72. The number of rotatable bonds is 4. The number of thiocarbonyl (C=S) groups is 1. The average Bonchev–Trinajstić information content (AvgIpc) is 2.89. The maximum Gasteiger partial charge on any atom is 0.338 e. The lowest BCUT2D eigenvalue weighted by Crippen LogP contribution is -2.45. The molecule has 1 aliphatic heterocycles. The highest BCUT2D eigenvalue weighted by atomic mass is 32.1. The SMILES string of the molecule is NN1C(=S)C(C(=O)OCc2ccccc2)N=C(c2ccccc2F)c2ccccc21. The van der Waals surface area contributed by atoms with Crippen LogP contribution < -0.4 is 10.9 Å². The first-order valence-electron chi connectivity index (χ1n) is 9.27. The molecule has 1 unspecified atom stereocenters. The quantitative estimate of drug-likeness (QED) is 0.396. The summed E-state index contributed by atoms with van der Waals surface area (Å²) in [5.41, 5.74) is 2.48. The number of esters is 1. The van der Waals surface area contributed by atoms with E-state index < -0.39 is 17.8 Å². The number of anilines is 1. The number of benzene rings is 3. The Bertz CT molecular complexity index is 1130. The van der Waals surface area contributed by atoms with Gasteiger partial charge in [0.25, 0.3) is 0 Å². The van der Waals surface area contributed by atoms with Crippen molar-refractivity contribution in [2.75, 3.05) is 5.01 Å². The number of fused-ring (bicyclic) bond motifs is 1. The van der Waals surface area contributed by atoms with E-state index in [4.69, 9.17) is 22.8 Å². The van der Waals surface area contributed by atoms with Gasteiger partial charge in [0.15, 0.2) is 6.04 Å². The molecule has 4 rings (SSSR count). The zero-order valence-corrected chi connectivity index (χ0v) is 16.7. The first-order chi connectivity index (χ1) is 14.6. The van der Waals surface area contributed by atoms with Crippen molar-refractivity contribution in [3.05, 3.63) is 101 Å². The molecule has 0 spiro atoms. The molecule has 2 N–H and O–H groups in total. The van der Waals surface area contributed by atoms with E-state index in [9.17, 15) is 9.18 Å². The molecule has 0 bridgehead atoms. The Morgan fingerprint density at radius 2 is 1.63 bits per heavy atom. The molecule has 0 amide bonds. The Labute approximate surface area is 178 Å². The standard InChI is InChI=1S/C23H18FN3O2S/c24-18-12-6-4-10-16(18)20-17-11-5-7-13-19(17)27(25)22(30)21(26-20)23(28)29-14-15-8-2-1-3-9-15/h1-13,21H,14,25H2. The van der Waals surface area contributed by atoms with Gasteiger partial charge in [-0.25, -0.2) is 15.0 Å². The van der Waals surface area contributed by atoms with E-state index in [1.165, 1.54) is 11.1 Å². The number of nitrogens with zero attached hydrogens (tertiary/aromatic N) is 2. The van der Waals surface area contributed by atoms with Gasteiger partial charge in [0.2, 0.25) is 0 Å². The van der Waals surface area contributed by atoms with Gasteiger partial charge < -0.3 is 4.74 Å². The van der Waals surface area contributed by atoms with Crippen LogP contribution >= 0.6 is 12.2 Å². The minimum Gasteiger partial charge on any atom is -0.459 e. The Morgan fingerprint density at radius 3 is 2.37 bits per heavy atom. The molecule has 0 aromatic heterocycles. The molecule has 1 atom stereocenters. The van der Waals surface area contributed by atoms with E-state index in [1.54, 1.807) is 42.5 Å². The van der Waals surface area contributed by atoms with Gasteiger partial charge in [-0.2, -0.15) is 0 Å². The molecular formula is C23H18FN3O2S. The molecule has 1 heterocycles. The largest absolute Gasteiger partial charge is 0.459 e.